The summed E-state index contributed by atoms with van der Waals surface area (Å²) >= 11 is 0. The molecule has 0 saturated heterocycles. The number of nitrogens with zero attached hydrogens (tertiary/aromatic N) is 3. The van der Waals surface area contributed by atoms with Crippen LogP contribution in [0.25, 0.3) is 22.1 Å². The van der Waals surface area contributed by atoms with Crippen molar-refractivity contribution in [3.05, 3.63) is 60.2 Å². The van der Waals surface area contributed by atoms with E-state index in [1.54, 1.807) is 0 Å². The van der Waals surface area contributed by atoms with Crippen molar-refractivity contribution in [2.45, 2.75) is 52.4 Å². The number of aryl methyl sites for hydroxylation is 1. The standard InChI is InChI=1S/C12H16N2.C11H14N2.H2/c1-4-9(2)10-5-7-13-12-11(10)6-8-14(12)3;1-3-8(2)9-4-6-12-11-10(9)5-7-13-11;/h5-9H,4H2,1-3H3;4-8H,3H2,1-2H3,(H,12,13);1H. The van der Waals surface area contributed by atoms with Crippen LogP contribution in [0.5, 0.6) is 0 Å². The number of hydrogen-bond donors (Lipinski definition) is 1. The molecule has 4 rings (SSSR count). The predicted octanol–water partition coefficient (Wildman–Crippen LogP) is 6.41. The molecule has 0 aliphatic rings. The van der Waals surface area contributed by atoms with Gasteiger partial charge in [-0.05, 0) is 60.1 Å². The fourth-order valence-corrected chi connectivity index (χ4v) is 3.47. The molecule has 4 aromatic rings. The third kappa shape index (κ3) is 3.90. The largest absolute Gasteiger partial charge is 0.346 e. The summed E-state index contributed by atoms with van der Waals surface area (Å²) in [6.45, 7) is 8.95. The molecule has 0 aliphatic carbocycles. The molecule has 0 aromatic carbocycles. The number of fused-ring (bicyclic) bond motifs is 2. The number of hydrogen-bond acceptors (Lipinski definition) is 2. The molecule has 0 radical (unpaired) electrons. The normalized spacial score (nSPS) is 13.4. The second-order valence-electron chi connectivity index (χ2n) is 7.32. The number of aromatic amines is 1. The van der Waals surface area contributed by atoms with Crippen molar-refractivity contribution in [2.75, 3.05) is 0 Å². The van der Waals surface area contributed by atoms with Gasteiger partial charge in [-0.1, -0.05) is 27.7 Å². The van der Waals surface area contributed by atoms with E-state index in [4.69, 9.17) is 0 Å². The molecule has 0 aliphatic heterocycles. The first-order valence-corrected chi connectivity index (χ1v) is 9.88. The van der Waals surface area contributed by atoms with Crippen molar-refractivity contribution in [3.63, 3.8) is 0 Å². The van der Waals surface area contributed by atoms with E-state index in [0.717, 1.165) is 11.3 Å². The Kier molecular flexibility index (Phi) is 5.94. The number of H-pyrrole nitrogens is 1. The molecule has 144 valence electrons. The molecule has 4 aromatic heterocycles. The lowest BCUT2D eigenvalue weighted by atomic mass is 9.97. The van der Waals surface area contributed by atoms with E-state index in [9.17, 15) is 0 Å². The SMILES string of the molecule is CCC(C)c1ccnc2[nH]ccc12.CCC(C)c1ccnc2c1ccn2C.[HH]. The van der Waals surface area contributed by atoms with Gasteiger partial charge >= 0.3 is 0 Å². The molecule has 0 bridgehead atoms. The molecule has 0 fully saturated rings. The summed E-state index contributed by atoms with van der Waals surface area (Å²) in [5.74, 6) is 1.23. The minimum absolute atomic E-state index is 0. The minimum atomic E-state index is 0. The van der Waals surface area contributed by atoms with Gasteiger partial charge in [0, 0.05) is 44.0 Å². The zero-order valence-electron chi connectivity index (χ0n) is 17.0. The van der Waals surface area contributed by atoms with Crippen molar-refractivity contribution < 1.29 is 1.43 Å². The molecule has 0 amide bonds. The summed E-state index contributed by atoms with van der Waals surface area (Å²) in [6.07, 6.45) is 10.1. The van der Waals surface area contributed by atoms with Crippen LogP contribution >= 0.6 is 0 Å². The Bertz CT molecular complexity index is 1020. The van der Waals surface area contributed by atoms with E-state index in [1.165, 1.54) is 34.7 Å². The van der Waals surface area contributed by atoms with Crippen LogP contribution in [0.3, 0.4) is 0 Å². The van der Waals surface area contributed by atoms with Crippen LogP contribution in [-0.4, -0.2) is 19.5 Å². The van der Waals surface area contributed by atoms with Gasteiger partial charge in [0.2, 0.25) is 0 Å². The second kappa shape index (κ2) is 8.38. The average molecular weight is 365 g/mol. The monoisotopic (exact) mass is 364 g/mol. The molecule has 0 spiro atoms. The van der Waals surface area contributed by atoms with Crippen LogP contribution in [-0.2, 0) is 7.05 Å². The zero-order chi connectivity index (χ0) is 19.4. The highest BCUT2D eigenvalue weighted by Gasteiger charge is 2.09. The van der Waals surface area contributed by atoms with Gasteiger partial charge in [0.15, 0.2) is 0 Å². The highest BCUT2D eigenvalue weighted by molar-refractivity contribution is 5.80. The molecular weight excluding hydrogens is 332 g/mol. The van der Waals surface area contributed by atoms with Gasteiger partial charge < -0.3 is 9.55 Å². The smallest absolute Gasteiger partial charge is 0.139 e. The second-order valence-corrected chi connectivity index (χ2v) is 7.32. The van der Waals surface area contributed by atoms with Crippen LogP contribution in [0, 0.1) is 0 Å². The Morgan fingerprint density at radius 3 is 2.22 bits per heavy atom. The molecule has 4 nitrogen and oxygen atoms in total. The van der Waals surface area contributed by atoms with Gasteiger partial charge in [-0.15, -0.1) is 0 Å². The van der Waals surface area contributed by atoms with E-state index in [0.29, 0.717) is 11.8 Å². The number of pyridine rings is 2. The summed E-state index contributed by atoms with van der Waals surface area (Å²) in [4.78, 5) is 11.8. The minimum Gasteiger partial charge on any atom is -0.346 e. The molecular formula is C23H32N4. The maximum absolute atomic E-state index is 4.38. The van der Waals surface area contributed by atoms with Gasteiger partial charge in [-0.2, -0.15) is 0 Å². The van der Waals surface area contributed by atoms with E-state index in [1.807, 2.05) is 25.6 Å². The van der Waals surface area contributed by atoms with Crippen molar-refractivity contribution in [1.82, 2.24) is 19.5 Å². The Labute approximate surface area is 163 Å². The quantitative estimate of drug-likeness (QED) is 0.455. The van der Waals surface area contributed by atoms with Crippen molar-refractivity contribution in [2.24, 2.45) is 7.05 Å². The fourth-order valence-electron chi connectivity index (χ4n) is 3.47. The Morgan fingerprint density at radius 1 is 0.926 bits per heavy atom. The predicted molar refractivity (Wildman–Crippen MR) is 116 cm³/mol. The molecule has 4 heterocycles. The molecule has 1 N–H and O–H groups in total. The third-order valence-corrected chi connectivity index (χ3v) is 5.58. The van der Waals surface area contributed by atoms with Crippen molar-refractivity contribution in [1.29, 1.82) is 0 Å². The van der Waals surface area contributed by atoms with Crippen LogP contribution in [0.2, 0.25) is 0 Å². The highest BCUT2D eigenvalue weighted by Crippen LogP contribution is 2.26. The molecule has 27 heavy (non-hydrogen) atoms. The van der Waals surface area contributed by atoms with Gasteiger partial charge in [-0.3, -0.25) is 0 Å². The fraction of sp³-hybridized carbons (Fsp3) is 0.391. The maximum atomic E-state index is 4.38. The van der Waals surface area contributed by atoms with Crippen LogP contribution in [0.1, 0.15) is 64.9 Å². The number of aromatic nitrogens is 4. The molecule has 2 unspecified atom stereocenters. The van der Waals surface area contributed by atoms with Crippen molar-refractivity contribution >= 4 is 22.1 Å². The topological polar surface area (TPSA) is 46.5 Å². The summed E-state index contributed by atoms with van der Waals surface area (Å²) in [7, 11) is 2.04. The van der Waals surface area contributed by atoms with E-state index >= 15 is 0 Å². The lowest BCUT2D eigenvalue weighted by Crippen LogP contribution is -1.94. The van der Waals surface area contributed by atoms with Crippen LogP contribution < -0.4 is 0 Å². The first-order chi connectivity index (χ1) is 13.1. The Balaban J connectivity index is 0.000000194. The van der Waals surface area contributed by atoms with E-state index in [2.05, 4.69) is 77.7 Å². The van der Waals surface area contributed by atoms with Gasteiger partial charge in [0.05, 0.1) is 0 Å². The summed E-state index contributed by atoms with van der Waals surface area (Å²) in [5.41, 5.74) is 4.90. The summed E-state index contributed by atoms with van der Waals surface area (Å²) in [6, 6.07) is 8.51. The summed E-state index contributed by atoms with van der Waals surface area (Å²) < 4.78 is 2.07. The summed E-state index contributed by atoms with van der Waals surface area (Å²) in [5, 5.41) is 2.56. The lowest BCUT2D eigenvalue weighted by Gasteiger charge is -2.09. The Morgan fingerprint density at radius 2 is 1.56 bits per heavy atom. The first-order valence-electron chi connectivity index (χ1n) is 9.88. The van der Waals surface area contributed by atoms with Gasteiger partial charge in [0.1, 0.15) is 11.3 Å². The first kappa shape index (κ1) is 19.2. The van der Waals surface area contributed by atoms with Crippen LogP contribution in [0.4, 0.5) is 0 Å². The third-order valence-electron chi connectivity index (χ3n) is 5.58. The Hall–Kier alpha value is -2.62. The number of rotatable bonds is 4. The molecule has 0 saturated carbocycles. The van der Waals surface area contributed by atoms with E-state index < -0.39 is 0 Å². The highest BCUT2D eigenvalue weighted by atomic mass is 15.0. The molecule has 4 heteroatoms. The van der Waals surface area contributed by atoms with Crippen LogP contribution in [0.15, 0.2) is 49.1 Å². The average Bonchev–Trinajstić information content (AvgIpc) is 3.34. The number of nitrogens with one attached hydrogen (secondary N) is 1. The van der Waals surface area contributed by atoms with Crippen molar-refractivity contribution in [3.8, 4) is 0 Å². The van der Waals surface area contributed by atoms with Gasteiger partial charge in [-0.25, -0.2) is 9.97 Å². The van der Waals surface area contributed by atoms with E-state index in [-0.39, 0.29) is 1.43 Å². The maximum Gasteiger partial charge on any atom is 0.139 e. The molecule has 2 atom stereocenters. The lowest BCUT2D eigenvalue weighted by molar-refractivity contribution is 0.738. The zero-order valence-corrected chi connectivity index (χ0v) is 17.0. The van der Waals surface area contributed by atoms with Gasteiger partial charge in [0.25, 0.3) is 0 Å².